The Morgan fingerprint density at radius 1 is 1.20 bits per heavy atom. The molecule has 0 unspecified atom stereocenters. The van der Waals surface area contributed by atoms with Gasteiger partial charge in [0.2, 0.25) is 0 Å². The van der Waals surface area contributed by atoms with Gasteiger partial charge >= 0.3 is 0 Å². The van der Waals surface area contributed by atoms with Crippen molar-refractivity contribution < 1.29 is 8.42 Å². The van der Waals surface area contributed by atoms with Crippen molar-refractivity contribution in [2.45, 2.75) is 31.1 Å². The van der Waals surface area contributed by atoms with Crippen LogP contribution < -0.4 is 10.6 Å². The topological polar surface area (TPSA) is 63.4 Å². The second-order valence-electron chi connectivity index (χ2n) is 5.48. The number of piperidine rings is 1. The summed E-state index contributed by atoms with van der Waals surface area (Å²) in [7, 11) is -3.11. The highest BCUT2D eigenvalue weighted by Gasteiger charge is 2.19. The summed E-state index contributed by atoms with van der Waals surface area (Å²) in [6.07, 6.45) is 2.88. The SMILES string of the molecule is CCCS(=O)(=O)c1ccc(N2CCC(CN)CC2)cc1. The van der Waals surface area contributed by atoms with Gasteiger partial charge in [-0.2, -0.15) is 0 Å². The van der Waals surface area contributed by atoms with Gasteiger partial charge in [0.25, 0.3) is 0 Å². The highest BCUT2D eigenvalue weighted by molar-refractivity contribution is 7.91. The minimum absolute atomic E-state index is 0.217. The summed E-state index contributed by atoms with van der Waals surface area (Å²) in [6, 6.07) is 7.31. The predicted molar refractivity (Wildman–Crippen MR) is 82.8 cm³/mol. The van der Waals surface area contributed by atoms with Crippen LogP contribution in [0, 0.1) is 5.92 Å². The Balaban J connectivity index is 2.06. The molecule has 0 radical (unpaired) electrons. The van der Waals surface area contributed by atoms with Gasteiger partial charge in [-0.05, 0) is 56.0 Å². The first-order valence-corrected chi connectivity index (χ1v) is 9.00. The van der Waals surface area contributed by atoms with Crippen molar-refractivity contribution in [2.75, 3.05) is 30.3 Å². The maximum absolute atomic E-state index is 12.0. The van der Waals surface area contributed by atoms with Gasteiger partial charge in [0.15, 0.2) is 9.84 Å². The second-order valence-corrected chi connectivity index (χ2v) is 7.59. The number of rotatable bonds is 5. The van der Waals surface area contributed by atoms with Crippen LogP contribution in [-0.2, 0) is 9.84 Å². The lowest BCUT2D eigenvalue weighted by molar-refractivity contribution is 0.414. The van der Waals surface area contributed by atoms with E-state index in [0.717, 1.165) is 38.2 Å². The zero-order valence-corrected chi connectivity index (χ0v) is 12.9. The van der Waals surface area contributed by atoms with Crippen LogP contribution in [0.4, 0.5) is 5.69 Å². The Labute approximate surface area is 121 Å². The van der Waals surface area contributed by atoms with Crippen LogP contribution in [0.2, 0.25) is 0 Å². The van der Waals surface area contributed by atoms with Crippen LogP contribution in [0.25, 0.3) is 0 Å². The average Bonchev–Trinajstić information content (AvgIpc) is 2.47. The third kappa shape index (κ3) is 3.52. The van der Waals surface area contributed by atoms with Crippen molar-refractivity contribution in [1.82, 2.24) is 0 Å². The van der Waals surface area contributed by atoms with Gasteiger partial charge in [-0.1, -0.05) is 6.92 Å². The first-order chi connectivity index (χ1) is 9.56. The van der Waals surface area contributed by atoms with E-state index >= 15 is 0 Å². The highest BCUT2D eigenvalue weighted by atomic mass is 32.2. The molecule has 1 saturated heterocycles. The molecule has 0 amide bonds. The predicted octanol–water partition coefficient (Wildman–Crippen LogP) is 2.05. The van der Waals surface area contributed by atoms with Gasteiger partial charge in [-0.15, -0.1) is 0 Å². The Morgan fingerprint density at radius 2 is 1.80 bits per heavy atom. The van der Waals surface area contributed by atoms with Crippen molar-refractivity contribution in [3.05, 3.63) is 24.3 Å². The Hall–Kier alpha value is -1.07. The third-order valence-electron chi connectivity index (χ3n) is 3.98. The molecule has 0 aromatic heterocycles. The molecule has 1 aliphatic rings. The Kier molecular flexibility index (Phi) is 5.05. The summed E-state index contributed by atoms with van der Waals surface area (Å²) in [5.74, 6) is 0.851. The molecule has 2 N–H and O–H groups in total. The van der Waals surface area contributed by atoms with Crippen LogP contribution in [0.15, 0.2) is 29.2 Å². The van der Waals surface area contributed by atoms with E-state index in [1.54, 1.807) is 12.1 Å². The zero-order chi connectivity index (χ0) is 14.6. The number of nitrogens with two attached hydrogens (primary N) is 1. The molecule has 1 aromatic rings. The maximum atomic E-state index is 12.0. The van der Waals surface area contributed by atoms with Crippen LogP contribution in [-0.4, -0.2) is 33.8 Å². The fourth-order valence-electron chi connectivity index (χ4n) is 2.68. The van der Waals surface area contributed by atoms with Crippen LogP contribution in [0.1, 0.15) is 26.2 Å². The van der Waals surface area contributed by atoms with Gasteiger partial charge in [0, 0.05) is 18.8 Å². The van der Waals surface area contributed by atoms with Gasteiger partial charge in [-0.3, -0.25) is 0 Å². The lowest BCUT2D eigenvalue weighted by atomic mass is 9.97. The number of benzene rings is 1. The molecule has 1 aromatic carbocycles. The standard InChI is InChI=1S/C15H24N2O2S/c1-2-11-20(18,19)15-5-3-14(4-6-15)17-9-7-13(12-16)8-10-17/h3-6,13H,2,7-12,16H2,1H3. The molecule has 0 bridgehead atoms. The molecule has 0 saturated carbocycles. The molecule has 20 heavy (non-hydrogen) atoms. The van der Waals surface area contributed by atoms with E-state index in [0.29, 0.717) is 17.2 Å². The van der Waals surface area contributed by atoms with Crippen LogP contribution in [0.3, 0.4) is 0 Å². The maximum Gasteiger partial charge on any atom is 0.178 e. The molecule has 0 aliphatic carbocycles. The van der Waals surface area contributed by atoms with Crippen molar-refractivity contribution in [3.63, 3.8) is 0 Å². The van der Waals surface area contributed by atoms with Gasteiger partial charge < -0.3 is 10.6 Å². The largest absolute Gasteiger partial charge is 0.372 e. The monoisotopic (exact) mass is 296 g/mol. The van der Waals surface area contributed by atoms with Gasteiger partial charge in [-0.25, -0.2) is 8.42 Å². The summed E-state index contributed by atoms with van der Waals surface area (Å²) >= 11 is 0. The third-order valence-corrected chi connectivity index (χ3v) is 5.92. The molecule has 1 aliphatic heterocycles. The van der Waals surface area contributed by atoms with E-state index < -0.39 is 9.84 Å². The molecule has 4 nitrogen and oxygen atoms in total. The molecular formula is C15H24N2O2S. The fraction of sp³-hybridized carbons (Fsp3) is 0.600. The molecule has 112 valence electrons. The van der Waals surface area contributed by atoms with Crippen LogP contribution >= 0.6 is 0 Å². The molecule has 2 rings (SSSR count). The highest BCUT2D eigenvalue weighted by Crippen LogP contribution is 2.24. The van der Waals surface area contributed by atoms with Crippen molar-refractivity contribution in [2.24, 2.45) is 11.7 Å². The Morgan fingerprint density at radius 3 is 2.30 bits per heavy atom. The summed E-state index contributed by atoms with van der Waals surface area (Å²) in [5.41, 5.74) is 6.81. The van der Waals surface area contributed by atoms with Crippen molar-refractivity contribution in [3.8, 4) is 0 Å². The minimum Gasteiger partial charge on any atom is -0.372 e. The summed E-state index contributed by atoms with van der Waals surface area (Å²) < 4.78 is 23.9. The molecule has 1 fully saturated rings. The van der Waals surface area contributed by atoms with Gasteiger partial charge in [0.1, 0.15) is 0 Å². The fourth-order valence-corrected chi connectivity index (χ4v) is 4.00. The second kappa shape index (κ2) is 6.59. The first kappa shape index (κ1) is 15.3. The summed E-state index contributed by atoms with van der Waals surface area (Å²) in [4.78, 5) is 2.74. The molecule has 1 heterocycles. The lowest BCUT2D eigenvalue weighted by Gasteiger charge is -2.33. The summed E-state index contributed by atoms with van der Waals surface area (Å²) in [5, 5.41) is 0. The van der Waals surface area contributed by atoms with Crippen molar-refractivity contribution in [1.29, 1.82) is 0 Å². The molecule has 5 heteroatoms. The number of nitrogens with zero attached hydrogens (tertiary/aromatic N) is 1. The molecule has 0 spiro atoms. The molecule has 0 atom stereocenters. The number of hydrogen-bond acceptors (Lipinski definition) is 4. The summed E-state index contributed by atoms with van der Waals surface area (Å²) in [6.45, 7) is 4.65. The average molecular weight is 296 g/mol. The van der Waals surface area contributed by atoms with E-state index in [1.807, 2.05) is 19.1 Å². The smallest absolute Gasteiger partial charge is 0.178 e. The van der Waals surface area contributed by atoms with Crippen molar-refractivity contribution >= 4 is 15.5 Å². The van der Waals surface area contributed by atoms with E-state index in [2.05, 4.69) is 4.90 Å². The lowest BCUT2D eigenvalue weighted by Crippen LogP contribution is -2.36. The number of anilines is 1. The minimum atomic E-state index is -3.11. The van der Waals surface area contributed by atoms with Gasteiger partial charge in [0.05, 0.1) is 10.6 Å². The Bertz CT molecular complexity index is 517. The number of sulfone groups is 1. The van der Waals surface area contributed by atoms with E-state index in [1.165, 1.54) is 0 Å². The normalized spacial score (nSPS) is 17.4. The molecular weight excluding hydrogens is 272 g/mol. The van der Waals surface area contributed by atoms with E-state index in [9.17, 15) is 8.42 Å². The zero-order valence-electron chi connectivity index (χ0n) is 12.1. The quantitative estimate of drug-likeness (QED) is 0.903. The van der Waals surface area contributed by atoms with E-state index in [-0.39, 0.29) is 5.75 Å². The first-order valence-electron chi connectivity index (χ1n) is 7.34. The van der Waals surface area contributed by atoms with Crippen LogP contribution in [0.5, 0.6) is 0 Å². The number of hydrogen-bond donors (Lipinski definition) is 1. The van der Waals surface area contributed by atoms with E-state index in [4.69, 9.17) is 5.73 Å².